The number of aromatic nitrogens is 1. The SMILES string of the molecule is CCOC(C)C(N)c1cnccc1C. The van der Waals surface area contributed by atoms with Crippen LogP contribution in [0.15, 0.2) is 18.5 Å². The fourth-order valence-corrected chi connectivity index (χ4v) is 1.44. The minimum atomic E-state index is -0.0938. The molecule has 78 valence electrons. The largest absolute Gasteiger partial charge is 0.377 e. The molecule has 3 nitrogen and oxygen atoms in total. The van der Waals surface area contributed by atoms with Crippen LogP contribution >= 0.6 is 0 Å². The van der Waals surface area contributed by atoms with Gasteiger partial charge in [-0.1, -0.05) is 0 Å². The molecule has 1 aromatic rings. The van der Waals surface area contributed by atoms with Crippen LogP contribution in [0.2, 0.25) is 0 Å². The van der Waals surface area contributed by atoms with Gasteiger partial charge in [-0.05, 0) is 38.0 Å². The van der Waals surface area contributed by atoms with Crippen LogP contribution in [0, 0.1) is 6.92 Å². The second kappa shape index (κ2) is 5.08. The lowest BCUT2D eigenvalue weighted by Gasteiger charge is -2.21. The molecule has 14 heavy (non-hydrogen) atoms. The zero-order valence-electron chi connectivity index (χ0n) is 9.03. The summed E-state index contributed by atoms with van der Waals surface area (Å²) in [5, 5.41) is 0. The molecule has 0 aliphatic rings. The van der Waals surface area contributed by atoms with Gasteiger partial charge >= 0.3 is 0 Å². The highest BCUT2D eigenvalue weighted by Gasteiger charge is 2.16. The lowest BCUT2D eigenvalue weighted by atomic mass is 10.0. The molecule has 2 atom stereocenters. The highest BCUT2D eigenvalue weighted by Crippen LogP contribution is 2.18. The Labute approximate surface area is 85.3 Å². The van der Waals surface area contributed by atoms with Crippen molar-refractivity contribution >= 4 is 0 Å². The highest BCUT2D eigenvalue weighted by molar-refractivity contribution is 5.25. The van der Waals surface area contributed by atoms with Crippen molar-refractivity contribution in [3.8, 4) is 0 Å². The molecule has 0 radical (unpaired) electrons. The second-order valence-corrected chi connectivity index (χ2v) is 3.42. The Morgan fingerprint density at radius 3 is 2.86 bits per heavy atom. The molecule has 2 unspecified atom stereocenters. The first-order valence-electron chi connectivity index (χ1n) is 4.94. The first-order valence-corrected chi connectivity index (χ1v) is 4.94. The van der Waals surface area contributed by atoms with Crippen LogP contribution in [0.4, 0.5) is 0 Å². The summed E-state index contributed by atoms with van der Waals surface area (Å²) in [5.41, 5.74) is 8.29. The molecular formula is C11H18N2O. The average Bonchev–Trinajstić information content (AvgIpc) is 2.18. The van der Waals surface area contributed by atoms with Crippen molar-refractivity contribution in [1.82, 2.24) is 4.98 Å². The summed E-state index contributed by atoms with van der Waals surface area (Å²) in [5.74, 6) is 0. The van der Waals surface area contributed by atoms with E-state index in [1.54, 1.807) is 6.20 Å². The Morgan fingerprint density at radius 1 is 1.57 bits per heavy atom. The summed E-state index contributed by atoms with van der Waals surface area (Å²) in [4.78, 5) is 4.07. The predicted octanol–water partition coefficient (Wildman–Crippen LogP) is 1.81. The van der Waals surface area contributed by atoms with E-state index in [9.17, 15) is 0 Å². The summed E-state index contributed by atoms with van der Waals surface area (Å²) in [6.45, 7) is 6.68. The third-order valence-corrected chi connectivity index (χ3v) is 2.37. The van der Waals surface area contributed by atoms with E-state index in [-0.39, 0.29) is 12.1 Å². The number of ether oxygens (including phenoxy) is 1. The van der Waals surface area contributed by atoms with E-state index in [0.717, 1.165) is 5.56 Å². The molecule has 0 aliphatic carbocycles. The molecule has 3 heteroatoms. The Balaban J connectivity index is 2.78. The predicted molar refractivity (Wildman–Crippen MR) is 57.0 cm³/mol. The van der Waals surface area contributed by atoms with Crippen molar-refractivity contribution in [2.45, 2.75) is 32.9 Å². The molecule has 0 saturated heterocycles. The Bertz CT molecular complexity index is 288. The van der Waals surface area contributed by atoms with Gasteiger partial charge in [-0.2, -0.15) is 0 Å². The van der Waals surface area contributed by atoms with E-state index >= 15 is 0 Å². The number of hydrogen-bond acceptors (Lipinski definition) is 3. The fraction of sp³-hybridized carbons (Fsp3) is 0.545. The summed E-state index contributed by atoms with van der Waals surface area (Å²) >= 11 is 0. The maximum atomic E-state index is 6.06. The number of pyridine rings is 1. The zero-order chi connectivity index (χ0) is 10.6. The Hall–Kier alpha value is -0.930. The van der Waals surface area contributed by atoms with E-state index < -0.39 is 0 Å². The minimum absolute atomic E-state index is 0.0305. The molecule has 0 bridgehead atoms. The van der Waals surface area contributed by atoms with Gasteiger partial charge < -0.3 is 10.5 Å². The van der Waals surface area contributed by atoms with Gasteiger partial charge in [0.2, 0.25) is 0 Å². The van der Waals surface area contributed by atoms with Crippen LogP contribution in [0.1, 0.15) is 31.0 Å². The van der Waals surface area contributed by atoms with Crippen LogP contribution in [0.3, 0.4) is 0 Å². The van der Waals surface area contributed by atoms with Crippen LogP contribution in [-0.2, 0) is 4.74 Å². The lowest BCUT2D eigenvalue weighted by molar-refractivity contribution is 0.0572. The van der Waals surface area contributed by atoms with Gasteiger partial charge in [-0.15, -0.1) is 0 Å². The molecule has 0 fully saturated rings. The van der Waals surface area contributed by atoms with Gasteiger partial charge in [-0.25, -0.2) is 0 Å². The maximum absolute atomic E-state index is 6.06. The third-order valence-electron chi connectivity index (χ3n) is 2.37. The number of nitrogens with zero attached hydrogens (tertiary/aromatic N) is 1. The zero-order valence-corrected chi connectivity index (χ0v) is 9.03. The van der Waals surface area contributed by atoms with Crippen molar-refractivity contribution < 1.29 is 4.74 Å². The number of hydrogen-bond donors (Lipinski definition) is 1. The van der Waals surface area contributed by atoms with Crippen LogP contribution in [-0.4, -0.2) is 17.7 Å². The molecule has 2 N–H and O–H groups in total. The molecule has 1 heterocycles. The Morgan fingerprint density at radius 2 is 2.29 bits per heavy atom. The molecule has 0 aromatic carbocycles. The minimum Gasteiger partial charge on any atom is -0.377 e. The van der Waals surface area contributed by atoms with Crippen LogP contribution < -0.4 is 5.73 Å². The molecular weight excluding hydrogens is 176 g/mol. The molecule has 0 saturated carbocycles. The van der Waals surface area contributed by atoms with E-state index in [2.05, 4.69) is 4.98 Å². The standard InChI is InChI=1S/C11H18N2O/c1-4-14-9(3)11(12)10-7-13-6-5-8(10)2/h5-7,9,11H,4,12H2,1-3H3. The van der Waals surface area contributed by atoms with Crippen molar-refractivity contribution in [2.75, 3.05) is 6.61 Å². The van der Waals surface area contributed by atoms with Crippen LogP contribution in [0.5, 0.6) is 0 Å². The summed E-state index contributed by atoms with van der Waals surface area (Å²) in [6, 6.07) is 1.87. The summed E-state index contributed by atoms with van der Waals surface area (Å²) in [6.07, 6.45) is 3.62. The van der Waals surface area contributed by atoms with Crippen molar-refractivity contribution in [2.24, 2.45) is 5.73 Å². The van der Waals surface area contributed by atoms with Crippen molar-refractivity contribution in [3.63, 3.8) is 0 Å². The van der Waals surface area contributed by atoms with Gasteiger partial charge in [0.15, 0.2) is 0 Å². The van der Waals surface area contributed by atoms with Crippen molar-refractivity contribution in [3.05, 3.63) is 29.6 Å². The smallest absolute Gasteiger partial charge is 0.0740 e. The monoisotopic (exact) mass is 194 g/mol. The van der Waals surface area contributed by atoms with Gasteiger partial charge in [0, 0.05) is 19.0 Å². The van der Waals surface area contributed by atoms with Gasteiger partial charge in [0.25, 0.3) is 0 Å². The first-order chi connectivity index (χ1) is 6.66. The van der Waals surface area contributed by atoms with Crippen LogP contribution in [0.25, 0.3) is 0 Å². The maximum Gasteiger partial charge on any atom is 0.0740 e. The topological polar surface area (TPSA) is 48.1 Å². The second-order valence-electron chi connectivity index (χ2n) is 3.42. The van der Waals surface area contributed by atoms with E-state index in [0.29, 0.717) is 6.61 Å². The normalized spacial score (nSPS) is 15.1. The summed E-state index contributed by atoms with van der Waals surface area (Å²) < 4.78 is 5.46. The molecule has 1 rings (SSSR count). The number of nitrogens with two attached hydrogens (primary N) is 1. The van der Waals surface area contributed by atoms with E-state index in [1.165, 1.54) is 5.56 Å². The Kier molecular flexibility index (Phi) is 4.04. The lowest BCUT2D eigenvalue weighted by Crippen LogP contribution is -2.27. The van der Waals surface area contributed by atoms with Gasteiger partial charge in [0.1, 0.15) is 0 Å². The molecule has 0 spiro atoms. The fourth-order valence-electron chi connectivity index (χ4n) is 1.44. The quantitative estimate of drug-likeness (QED) is 0.795. The molecule has 0 aliphatic heterocycles. The van der Waals surface area contributed by atoms with Gasteiger partial charge in [-0.3, -0.25) is 4.98 Å². The highest BCUT2D eigenvalue weighted by atomic mass is 16.5. The van der Waals surface area contributed by atoms with Crippen molar-refractivity contribution in [1.29, 1.82) is 0 Å². The third kappa shape index (κ3) is 2.53. The van der Waals surface area contributed by atoms with E-state index in [4.69, 9.17) is 10.5 Å². The first kappa shape index (κ1) is 11.1. The van der Waals surface area contributed by atoms with E-state index in [1.807, 2.05) is 33.0 Å². The molecule has 0 amide bonds. The molecule has 1 aromatic heterocycles. The summed E-state index contributed by atoms with van der Waals surface area (Å²) in [7, 11) is 0. The number of rotatable bonds is 4. The number of aryl methyl sites for hydroxylation is 1. The van der Waals surface area contributed by atoms with Gasteiger partial charge in [0.05, 0.1) is 12.1 Å². The average molecular weight is 194 g/mol.